The van der Waals surface area contributed by atoms with Crippen LogP contribution in [-0.4, -0.2) is 16.6 Å². The van der Waals surface area contributed by atoms with Gasteiger partial charge >= 0.3 is 0 Å². The predicted molar refractivity (Wildman–Crippen MR) is 52.4 cm³/mol. The van der Waals surface area contributed by atoms with E-state index in [1.807, 2.05) is 0 Å². The fourth-order valence-corrected chi connectivity index (χ4v) is 1.19. The van der Waals surface area contributed by atoms with E-state index in [0.29, 0.717) is 18.5 Å². The van der Waals surface area contributed by atoms with Crippen LogP contribution in [0.3, 0.4) is 0 Å². The lowest BCUT2D eigenvalue weighted by Gasteiger charge is -2.12. The van der Waals surface area contributed by atoms with Crippen molar-refractivity contribution in [2.75, 3.05) is 6.54 Å². The molecule has 1 aromatic rings. The molecular formula is C10H14F2N2O. The molecule has 0 aliphatic heterocycles. The van der Waals surface area contributed by atoms with Gasteiger partial charge in [-0.05, 0) is 24.6 Å². The van der Waals surface area contributed by atoms with E-state index in [9.17, 15) is 13.9 Å². The van der Waals surface area contributed by atoms with Crippen molar-refractivity contribution in [1.82, 2.24) is 4.98 Å². The lowest BCUT2D eigenvalue weighted by Crippen LogP contribution is -2.11. The Balaban J connectivity index is 2.81. The fraction of sp³-hybridized carbons (Fsp3) is 0.500. The average Bonchev–Trinajstić information content (AvgIpc) is 2.17. The second-order valence-corrected chi connectivity index (χ2v) is 3.46. The van der Waals surface area contributed by atoms with Crippen LogP contribution >= 0.6 is 0 Å². The van der Waals surface area contributed by atoms with Gasteiger partial charge in [-0.3, -0.25) is 4.98 Å². The number of nitrogens with zero attached hydrogens (tertiary/aromatic N) is 1. The van der Waals surface area contributed by atoms with Gasteiger partial charge in [0.2, 0.25) is 0 Å². The monoisotopic (exact) mass is 216 g/mol. The molecule has 3 nitrogen and oxygen atoms in total. The van der Waals surface area contributed by atoms with Gasteiger partial charge in [-0.1, -0.05) is 6.07 Å². The van der Waals surface area contributed by atoms with Gasteiger partial charge in [0.05, 0.1) is 6.10 Å². The molecule has 15 heavy (non-hydrogen) atoms. The largest absolute Gasteiger partial charge is 0.388 e. The predicted octanol–water partition coefficient (Wildman–Crippen LogP) is 1.58. The Labute approximate surface area is 86.9 Å². The first-order valence-electron chi connectivity index (χ1n) is 4.67. The lowest BCUT2D eigenvalue weighted by atomic mass is 10.1. The van der Waals surface area contributed by atoms with E-state index in [4.69, 9.17) is 5.73 Å². The van der Waals surface area contributed by atoms with Crippen LogP contribution in [0.4, 0.5) is 8.78 Å². The minimum absolute atomic E-state index is 0.300. The minimum Gasteiger partial charge on any atom is -0.388 e. The summed E-state index contributed by atoms with van der Waals surface area (Å²) in [4.78, 5) is 3.60. The van der Waals surface area contributed by atoms with Crippen LogP contribution in [-0.2, 0) is 5.92 Å². The Morgan fingerprint density at radius 2 is 2.20 bits per heavy atom. The summed E-state index contributed by atoms with van der Waals surface area (Å²) >= 11 is 0. The Hall–Kier alpha value is -1.07. The van der Waals surface area contributed by atoms with Gasteiger partial charge in [0.15, 0.2) is 0 Å². The second kappa shape index (κ2) is 4.63. The highest BCUT2D eigenvalue weighted by atomic mass is 19.3. The summed E-state index contributed by atoms with van der Waals surface area (Å²) in [6.07, 6.45) is 0.915. The fourth-order valence-electron chi connectivity index (χ4n) is 1.19. The van der Waals surface area contributed by atoms with Gasteiger partial charge in [0.25, 0.3) is 5.92 Å². The standard InChI is InChI=1S/C10H14F2N2O/c1-10(11,12)9-3-2-7(6-14-9)8(15)4-5-13/h2-3,6,8,15H,4-5,13H2,1H3. The maximum atomic E-state index is 12.8. The summed E-state index contributed by atoms with van der Waals surface area (Å²) in [6, 6.07) is 2.66. The molecular weight excluding hydrogens is 202 g/mol. The van der Waals surface area contributed by atoms with Crippen molar-refractivity contribution in [2.24, 2.45) is 5.73 Å². The van der Waals surface area contributed by atoms with Crippen LogP contribution in [0.25, 0.3) is 0 Å². The Bertz CT molecular complexity index is 308. The van der Waals surface area contributed by atoms with Gasteiger partial charge in [0.1, 0.15) is 5.69 Å². The first kappa shape index (κ1) is 12.0. The zero-order valence-electron chi connectivity index (χ0n) is 8.45. The van der Waals surface area contributed by atoms with Crippen molar-refractivity contribution < 1.29 is 13.9 Å². The molecule has 0 saturated carbocycles. The van der Waals surface area contributed by atoms with E-state index in [0.717, 1.165) is 6.92 Å². The van der Waals surface area contributed by atoms with Crippen LogP contribution in [0.1, 0.15) is 30.7 Å². The summed E-state index contributed by atoms with van der Waals surface area (Å²) in [5.74, 6) is -2.95. The number of aliphatic hydroxyl groups is 1. The molecule has 0 saturated heterocycles. The highest BCUT2D eigenvalue weighted by Gasteiger charge is 2.25. The molecule has 1 aromatic heterocycles. The van der Waals surface area contributed by atoms with E-state index in [1.165, 1.54) is 18.3 Å². The number of rotatable bonds is 4. The number of hydrogen-bond acceptors (Lipinski definition) is 3. The quantitative estimate of drug-likeness (QED) is 0.803. The summed E-state index contributed by atoms with van der Waals surface area (Å²) in [7, 11) is 0. The maximum Gasteiger partial charge on any atom is 0.286 e. The number of nitrogens with two attached hydrogens (primary N) is 1. The van der Waals surface area contributed by atoms with E-state index < -0.39 is 12.0 Å². The van der Waals surface area contributed by atoms with E-state index in [2.05, 4.69) is 4.98 Å². The summed E-state index contributed by atoms with van der Waals surface area (Å²) in [5, 5.41) is 9.51. The lowest BCUT2D eigenvalue weighted by molar-refractivity contribution is 0.0126. The molecule has 0 aliphatic carbocycles. The highest BCUT2D eigenvalue weighted by molar-refractivity contribution is 5.18. The van der Waals surface area contributed by atoms with Crippen LogP contribution in [0.15, 0.2) is 18.3 Å². The van der Waals surface area contributed by atoms with Crippen molar-refractivity contribution in [1.29, 1.82) is 0 Å². The summed E-state index contributed by atoms with van der Waals surface area (Å²) < 4.78 is 25.6. The third-order valence-corrected chi connectivity index (χ3v) is 2.06. The third-order valence-electron chi connectivity index (χ3n) is 2.06. The first-order valence-corrected chi connectivity index (χ1v) is 4.67. The molecule has 0 radical (unpaired) electrons. The molecule has 0 spiro atoms. The van der Waals surface area contributed by atoms with Crippen molar-refractivity contribution >= 4 is 0 Å². The van der Waals surface area contributed by atoms with Crippen LogP contribution in [0.5, 0.6) is 0 Å². The zero-order chi connectivity index (χ0) is 11.5. The van der Waals surface area contributed by atoms with Crippen LogP contribution in [0, 0.1) is 0 Å². The molecule has 0 aromatic carbocycles. The molecule has 0 amide bonds. The second-order valence-electron chi connectivity index (χ2n) is 3.46. The topological polar surface area (TPSA) is 59.1 Å². The Morgan fingerprint density at radius 3 is 2.60 bits per heavy atom. The van der Waals surface area contributed by atoms with Gasteiger partial charge in [-0.25, -0.2) is 0 Å². The number of alkyl halides is 2. The normalized spacial score (nSPS) is 13.9. The summed E-state index contributed by atoms with van der Waals surface area (Å²) in [6.45, 7) is 1.12. The van der Waals surface area contributed by atoms with Crippen molar-refractivity contribution in [2.45, 2.75) is 25.4 Å². The Kier molecular flexibility index (Phi) is 3.71. The molecule has 5 heteroatoms. The highest BCUT2D eigenvalue weighted by Crippen LogP contribution is 2.25. The third kappa shape index (κ3) is 3.21. The van der Waals surface area contributed by atoms with E-state index in [-0.39, 0.29) is 5.69 Å². The molecule has 0 bridgehead atoms. The molecule has 1 heterocycles. The molecule has 84 valence electrons. The number of aliphatic hydroxyl groups excluding tert-OH is 1. The van der Waals surface area contributed by atoms with Gasteiger partial charge in [-0.15, -0.1) is 0 Å². The molecule has 3 N–H and O–H groups in total. The Morgan fingerprint density at radius 1 is 1.53 bits per heavy atom. The smallest absolute Gasteiger partial charge is 0.286 e. The number of pyridine rings is 1. The van der Waals surface area contributed by atoms with Crippen molar-refractivity contribution in [3.05, 3.63) is 29.6 Å². The van der Waals surface area contributed by atoms with E-state index >= 15 is 0 Å². The van der Waals surface area contributed by atoms with E-state index in [1.54, 1.807) is 0 Å². The molecule has 1 unspecified atom stereocenters. The van der Waals surface area contributed by atoms with Gasteiger partial charge < -0.3 is 10.8 Å². The van der Waals surface area contributed by atoms with Gasteiger partial charge in [-0.2, -0.15) is 8.78 Å². The van der Waals surface area contributed by atoms with Gasteiger partial charge in [0, 0.05) is 13.1 Å². The average molecular weight is 216 g/mol. The molecule has 1 rings (SSSR count). The number of aromatic nitrogens is 1. The zero-order valence-corrected chi connectivity index (χ0v) is 8.45. The molecule has 1 atom stereocenters. The first-order chi connectivity index (χ1) is 6.95. The van der Waals surface area contributed by atoms with Crippen molar-refractivity contribution in [3.63, 3.8) is 0 Å². The molecule has 0 aliphatic rings. The van der Waals surface area contributed by atoms with Crippen LogP contribution < -0.4 is 5.73 Å². The van der Waals surface area contributed by atoms with Crippen LogP contribution in [0.2, 0.25) is 0 Å². The van der Waals surface area contributed by atoms with Crippen molar-refractivity contribution in [3.8, 4) is 0 Å². The maximum absolute atomic E-state index is 12.8. The summed E-state index contributed by atoms with van der Waals surface area (Å²) in [5.41, 5.74) is 5.47. The SMILES string of the molecule is CC(F)(F)c1ccc(C(O)CCN)cn1. The minimum atomic E-state index is -2.95. The number of halogens is 2. The number of hydrogen-bond donors (Lipinski definition) is 2. The molecule has 0 fully saturated rings.